The molecule has 4 heteroatoms. The summed E-state index contributed by atoms with van der Waals surface area (Å²) < 4.78 is 22.2. The van der Waals surface area contributed by atoms with E-state index in [-0.39, 0.29) is 5.75 Å². The molecule has 0 amide bonds. The third kappa shape index (κ3) is 4.29. The van der Waals surface area contributed by atoms with Crippen LogP contribution in [0.5, 0.6) is 0 Å². The van der Waals surface area contributed by atoms with Gasteiger partial charge in [-0.1, -0.05) is 49.9 Å². The maximum Gasteiger partial charge on any atom is 0.236 e. The summed E-state index contributed by atoms with van der Waals surface area (Å²) in [7, 11) is 1.84. The minimum absolute atomic E-state index is 0.0743. The molecule has 0 radical (unpaired) electrons. The normalized spacial score (nSPS) is 18.5. The Balaban J connectivity index is 2.15. The molecule has 1 aromatic carbocycles. The summed E-state index contributed by atoms with van der Waals surface area (Å²) in [6.45, 7) is 0. The molecule has 2 rings (SSSR count). The third-order valence-corrected chi connectivity index (χ3v) is 4.62. The van der Waals surface area contributed by atoms with Gasteiger partial charge in [0, 0.05) is 10.7 Å². The van der Waals surface area contributed by atoms with Gasteiger partial charge < -0.3 is 0 Å². The molecule has 1 fully saturated rings. The first-order chi connectivity index (χ1) is 8.54. The standard InChI is InChI=1S/C14H19ClO2S/c15-18(16,17)11-12-6-5-9-14(10-12)13-7-3-1-2-4-8-13/h5-6,9-10,13H,1-4,7-8,11H2. The van der Waals surface area contributed by atoms with Gasteiger partial charge in [-0.2, -0.15) is 0 Å². The summed E-state index contributed by atoms with van der Waals surface area (Å²) >= 11 is 0. The SMILES string of the molecule is O=S(=O)(Cl)Cc1cccc(C2CCCCCC2)c1. The molecule has 0 spiro atoms. The number of halogens is 1. The van der Waals surface area contributed by atoms with Crippen LogP contribution in [0.1, 0.15) is 55.6 Å². The Morgan fingerprint density at radius 2 is 1.78 bits per heavy atom. The lowest BCUT2D eigenvalue weighted by atomic mass is 9.91. The molecule has 1 saturated carbocycles. The minimum atomic E-state index is -3.46. The van der Waals surface area contributed by atoms with Crippen LogP contribution in [0.3, 0.4) is 0 Å². The van der Waals surface area contributed by atoms with Crippen molar-refractivity contribution in [3.8, 4) is 0 Å². The topological polar surface area (TPSA) is 34.1 Å². The Hall–Kier alpha value is -0.540. The average Bonchev–Trinajstić information content (AvgIpc) is 2.55. The van der Waals surface area contributed by atoms with Gasteiger partial charge in [0.1, 0.15) is 0 Å². The van der Waals surface area contributed by atoms with E-state index >= 15 is 0 Å². The lowest BCUT2D eigenvalue weighted by molar-refractivity contribution is 0.591. The Morgan fingerprint density at radius 1 is 1.11 bits per heavy atom. The van der Waals surface area contributed by atoms with Gasteiger partial charge in [0.2, 0.25) is 9.05 Å². The predicted octanol–water partition coefficient (Wildman–Crippen LogP) is 4.19. The van der Waals surface area contributed by atoms with Crippen LogP contribution in [0.25, 0.3) is 0 Å². The van der Waals surface area contributed by atoms with Gasteiger partial charge in [-0.15, -0.1) is 0 Å². The van der Waals surface area contributed by atoms with Crippen LogP contribution < -0.4 is 0 Å². The van der Waals surface area contributed by atoms with E-state index in [1.807, 2.05) is 18.2 Å². The Kier molecular flexibility index (Phi) is 4.68. The van der Waals surface area contributed by atoms with E-state index in [1.54, 1.807) is 0 Å². The summed E-state index contributed by atoms with van der Waals surface area (Å²) in [6, 6.07) is 7.90. The average molecular weight is 287 g/mol. The van der Waals surface area contributed by atoms with E-state index in [1.165, 1.54) is 44.1 Å². The molecule has 1 aliphatic carbocycles. The van der Waals surface area contributed by atoms with Gasteiger partial charge in [0.15, 0.2) is 0 Å². The summed E-state index contributed by atoms with van der Waals surface area (Å²) in [4.78, 5) is 0. The van der Waals surface area contributed by atoms with E-state index in [0.717, 1.165) is 5.56 Å². The van der Waals surface area contributed by atoms with Crippen molar-refractivity contribution < 1.29 is 8.42 Å². The minimum Gasteiger partial charge on any atom is -0.212 e. The highest BCUT2D eigenvalue weighted by atomic mass is 35.7. The Labute approximate surface area is 114 Å². The smallest absolute Gasteiger partial charge is 0.212 e. The van der Waals surface area contributed by atoms with Crippen molar-refractivity contribution in [3.05, 3.63) is 35.4 Å². The molecule has 0 N–H and O–H groups in total. The number of hydrogen-bond donors (Lipinski definition) is 0. The predicted molar refractivity (Wildman–Crippen MR) is 75.4 cm³/mol. The van der Waals surface area contributed by atoms with Gasteiger partial charge in [-0.3, -0.25) is 0 Å². The van der Waals surface area contributed by atoms with E-state index in [4.69, 9.17) is 10.7 Å². The first-order valence-corrected chi connectivity index (χ1v) is 9.03. The fourth-order valence-electron chi connectivity index (χ4n) is 2.75. The fraction of sp³-hybridized carbons (Fsp3) is 0.571. The highest BCUT2D eigenvalue weighted by molar-refractivity contribution is 8.13. The van der Waals surface area contributed by atoms with Crippen molar-refractivity contribution in [3.63, 3.8) is 0 Å². The van der Waals surface area contributed by atoms with Gasteiger partial charge in [-0.25, -0.2) is 8.42 Å². The fourth-order valence-corrected chi connectivity index (χ4v) is 3.70. The zero-order valence-electron chi connectivity index (χ0n) is 10.4. The second kappa shape index (κ2) is 6.07. The lowest BCUT2D eigenvalue weighted by Crippen LogP contribution is -2.00. The molecule has 0 heterocycles. The number of benzene rings is 1. The van der Waals surface area contributed by atoms with Gasteiger partial charge in [0.25, 0.3) is 0 Å². The number of hydrogen-bond acceptors (Lipinski definition) is 2. The highest BCUT2D eigenvalue weighted by Gasteiger charge is 2.15. The van der Waals surface area contributed by atoms with Crippen molar-refractivity contribution in [2.75, 3.05) is 0 Å². The summed E-state index contributed by atoms with van der Waals surface area (Å²) in [5.41, 5.74) is 2.07. The largest absolute Gasteiger partial charge is 0.236 e. The van der Waals surface area contributed by atoms with Crippen LogP contribution in [-0.4, -0.2) is 8.42 Å². The molecule has 0 unspecified atom stereocenters. The lowest BCUT2D eigenvalue weighted by Gasteiger charge is -2.15. The molecule has 2 nitrogen and oxygen atoms in total. The summed E-state index contributed by atoms with van der Waals surface area (Å²) in [5, 5.41) is 0. The van der Waals surface area contributed by atoms with Gasteiger partial charge >= 0.3 is 0 Å². The monoisotopic (exact) mass is 286 g/mol. The molecule has 1 aromatic rings. The third-order valence-electron chi connectivity index (χ3n) is 3.62. The first-order valence-electron chi connectivity index (χ1n) is 6.56. The zero-order valence-corrected chi connectivity index (χ0v) is 12.0. The molecule has 0 aliphatic heterocycles. The first kappa shape index (κ1) is 13.9. The maximum atomic E-state index is 11.1. The van der Waals surface area contributed by atoms with E-state index in [9.17, 15) is 8.42 Å². The van der Waals surface area contributed by atoms with Crippen molar-refractivity contribution >= 4 is 19.7 Å². The van der Waals surface area contributed by atoms with Crippen molar-refractivity contribution in [1.82, 2.24) is 0 Å². The second-order valence-electron chi connectivity index (χ2n) is 5.12. The van der Waals surface area contributed by atoms with Crippen LogP contribution in [0, 0.1) is 0 Å². The van der Waals surface area contributed by atoms with Crippen LogP contribution in [0.4, 0.5) is 0 Å². The molecule has 0 aromatic heterocycles. The van der Waals surface area contributed by atoms with Gasteiger partial charge in [-0.05, 0) is 29.9 Å². The quantitative estimate of drug-likeness (QED) is 0.617. The molecule has 100 valence electrons. The van der Waals surface area contributed by atoms with Crippen LogP contribution in [-0.2, 0) is 14.8 Å². The Bertz CT molecular complexity index is 488. The summed E-state index contributed by atoms with van der Waals surface area (Å²) in [6.07, 6.45) is 7.65. The van der Waals surface area contributed by atoms with Gasteiger partial charge in [0.05, 0.1) is 5.75 Å². The van der Waals surface area contributed by atoms with Crippen molar-refractivity contribution in [2.24, 2.45) is 0 Å². The Morgan fingerprint density at radius 3 is 2.39 bits per heavy atom. The van der Waals surface area contributed by atoms with E-state index < -0.39 is 9.05 Å². The maximum absolute atomic E-state index is 11.1. The molecule has 1 aliphatic rings. The van der Waals surface area contributed by atoms with Crippen LogP contribution >= 0.6 is 10.7 Å². The van der Waals surface area contributed by atoms with Crippen molar-refractivity contribution in [1.29, 1.82) is 0 Å². The number of rotatable bonds is 3. The molecule has 18 heavy (non-hydrogen) atoms. The van der Waals surface area contributed by atoms with Crippen LogP contribution in [0.15, 0.2) is 24.3 Å². The van der Waals surface area contributed by atoms with E-state index in [2.05, 4.69) is 6.07 Å². The van der Waals surface area contributed by atoms with Crippen molar-refractivity contribution in [2.45, 2.75) is 50.2 Å². The molecule has 0 atom stereocenters. The zero-order chi connectivity index (χ0) is 13.0. The summed E-state index contributed by atoms with van der Waals surface area (Å²) in [5.74, 6) is 0.514. The molecular weight excluding hydrogens is 268 g/mol. The molecule has 0 bridgehead atoms. The second-order valence-corrected chi connectivity index (χ2v) is 7.89. The molecule has 0 saturated heterocycles. The molecular formula is C14H19ClO2S. The van der Waals surface area contributed by atoms with E-state index in [0.29, 0.717) is 5.92 Å². The van der Waals surface area contributed by atoms with Crippen LogP contribution in [0.2, 0.25) is 0 Å². The highest BCUT2D eigenvalue weighted by Crippen LogP contribution is 2.32.